The van der Waals surface area contributed by atoms with E-state index in [0.29, 0.717) is 0 Å². The van der Waals surface area contributed by atoms with Crippen LogP contribution in [-0.2, 0) is 24.3 Å². The van der Waals surface area contributed by atoms with E-state index >= 15 is 0 Å². The van der Waals surface area contributed by atoms with Gasteiger partial charge >= 0.3 is 12.6 Å². The summed E-state index contributed by atoms with van der Waals surface area (Å²) in [4.78, 5) is 35.8. The first-order chi connectivity index (χ1) is 15.5. The maximum atomic E-state index is 12.3. The third-order valence-corrected chi connectivity index (χ3v) is 5.79. The largest absolute Gasteiger partial charge is 0.454 e. The third kappa shape index (κ3) is 7.80. The Labute approximate surface area is 188 Å². The minimum absolute atomic E-state index is 0.0220. The highest BCUT2D eigenvalue weighted by atomic mass is 32.2. The summed E-state index contributed by atoms with van der Waals surface area (Å²) in [6, 6.07) is 10.5. The second-order valence-corrected chi connectivity index (χ2v) is 8.76. The standard InChI is InChI=1S/C20H21F2N3O7S/c1-25(2)33(29,30)16-8-4-6-14(10-16)24-17(26)12-31-18(27)11-23-19(28)13-5-3-7-15(9-13)32-20(21)22/h3-10,20H,11-12H2,1-2H3,(H,23,28)(H,24,26). The smallest absolute Gasteiger partial charge is 0.387 e. The van der Waals surface area contributed by atoms with Crippen LogP contribution in [0.3, 0.4) is 0 Å². The lowest BCUT2D eigenvalue weighted by Crippen LogP contribution is -2.32. The van der Waals surface area contributed by atoms with Gasteiger partial charge in [-0.25, -0.2) is 12.7 Å². The van der Waals surface area contributed by atoms with Gasteiger partial charge in [-0.15, -0.1) is 0 Å². The highest BCUT2D eigenvalue weighted by Gasteiger charge is 2.18. The zero-order chi connectivity index (χ0) is 24.6. The van der Waals surface area contributed by atoms with E-state index in [1.165, 1.54) is 56.6 Å². The number of nitrogens with one attached hydrogen (secondary N) is 2. The predicted octanol–water partition coefficient (Wildman–Crippen LogP) is 1.45. The van der Waals surface area contributed by atoms with Crippen LogP contribution in [0.5, 0.6) is 5.75 Å². The molecule has 2 N–H and O–H groups in total. The number of carbonyl (C=O) groups excluding carboxylic acids is 3. The van der Waals surface area contributed by atoms with Crippen molar-refractivity contribution in [1.82, 2.24) is 9.62 Å². The quantitative estimate of drug-likeness (QED) is 0.487. The van der Waals surface area contributed by atoms with E-state index in [2.05, 4.69) is 15.4 Å². The van der Waals surface area contributed by atoms with Crippen LogP contribution < -0.4 is 15.4 Å². The van der Waals surface area contributed by atoms with E-state index in [1.807, 2.05) is 0 Å². The number of carbonyl (C=O) groups is 3. The number of hydrogen-bond donors (Lipinski definition) is 2. The average molecular weight is 485 g/mol. The molecule has 0 atom stereocenters. The van der Waals surface area contributed by atoms with Gasteiger partial charge in [0.2, 0.25) is 10.0 Å². The van der Waals surface area contributed by atoms with Crippen molar-refractivity contribution in [1.29, 1.82) is 0 Å². The SMILES string of the molecule is CN(C)S(=O)(=O)c1cccc(NC(=O)COC(=O)CNC(=O)c2cccc(OC(F)F)c2)c1. The fourth-order valence-electron chi connectivity index (χ4n) is 2.41. The van der Waals surface area contributed by atoms with E-state index < -0.39 is 47.6 Å². The third-order valence-electron chi connectivity index (χ3n) is 3.98. The molecule has 2 aromatic rings. The van der Waals surface area contributed by atoms with Crippen LogP contribution in [0.15, 0.2) is 53.4 Å². The van der Waals surface area contributed by atoms with Gasteiger partial charge in [0.15, 0.2) is 6.61 Å². The van der Waals surface area contributed by atoms with Gasteiger partial charge < -0.3 is 20.1 Å². The van der Waals surface area contributed by atoms with Crippen molar-refractivity contribution < 1.29 is 41.1 Å². The number of rotatable bonds is 10. The van der Waals surface area contributed by atoms with E-state index in [-0.39, 0.29) is 21.9 Å². The normalized spacial score (nSPS) is 11.2. The summed E-state index contributed by atoms with van der Waals surface area (Å²) in [5, 5.41) is 4.63. The molecule has 0 aromatic heterocycles. The average Bonchev–Trinajstić information content (AvgIpc) is 2.75. The molecule has 0 bridgehead atoms. The summed E-state index contributed by atoms with van der Waals surface area (Å²) in [6.45, 7) is -4.32. The number of anilines is 1. The Morgan fingerprint density at radius 1 is 1.06 bits per heavy atom. The number of alkyl halides is 2. The molecule has 178 valence electrons. The van der Waals surface area contributed by atoms with Crippen molar-refractivity contribution in [2.75, 3.05) is 32.6 Å². The first-order valence-electron chi connectivity index (χ1n) is 9.30. The zero-order valence-corrected chi connectivity index (χ0v) is 18.4. The molecule has 2 rings (SSSR count). The molecule has 0 fully saturated rings. The first-order valence-corrected chi connectivity index (χ1v) is 10.7. The van der Waals surface area contributed by atoms with E-state index in [9.17, 15) is 31.6 Å². The molecule has 2 aromatic carbocycles. The fraction of sp³-hybridized carbons (Fsp3) is 0.250. The van der Waals surface area contributed by atoms with Gasteiger partial charge in [0.1, 0.15) is 12.3 Å². The number of esters is 1. The van der Waals surface area contributed by atoms with Crippen molar-refractivity contribution in [3.8, 4) is 5.75 Å². The first kappa shape index (κ1) is 25.7. The maximum Gasteiger partial charge on any atom is 0.387 e. The summed E-state index contributed by atoms with van der Waals surface area (Å²) in [7, 11) is -0.961. The zero-order valence-electron chi connectivity index (χ0n) is 17.6. The number of halogens is 2. The molecular weight excluding hydrogens is 464 g/mol. The van der Waals surface area contributed by atoms with Gasteiger partial charge in [-0.2, -0.15) is 8.78 Å². The molecule has 0 heterocycles. The molecule has 0 unspecified atom stereocenters. The lowest BCUT2D eigenvalue weighted by atomic mass is 10.2. The summed E-state index contributed by atoms with van der Waals surface area (Å²) in [6.07, 6.45) is 0. The second-order valence-electron chi connectivity index (χ2n) is 6.61. The van der Waals surface area contributed by atoms with Crippen molar-refractivity contribution >= 4 is 33.5 Å². The van der Waals surface area contributed by atoms with Crippen LogP contribution in [0, 0.1) is 0 Å². The number of nitrogens with zero attached hydrogens (tertiary/aromatic N) is 1. The molecule has 0 aliphatic rings. The van der Waals surface area contributed by atoms with E-state index in [0.717, 1.165) is 10.4 Å². The Hall–Kier alpha value is -3.58. The molecule has 0 saturated carbocycles. The van der Waals surface area contributed by atoms with Crippen LogP contribution in [0.2, 0.25) is 0 Å². The molecule has 0 radical (unpaired) electrons. The molecule has 2 amide bonds. The summed E-state index contributed by atoms with van der Waals surface area (Å²) in [5.41, 5.74) is 0.157. The molecule has 0 aliphatic carbocycles. The minimum Gasteiger partial charge on any atom is -0.454 e. The van der Waals surface area contributed by atoms with Crippen molar-refractivity contribution in [3.63, 3.8) is 0 Å². The van der Waals surface area contributed by atoms with Crippen LogP contribution in [0.4, 0.5) is 14.5 Å². The highest BCUT2D eigenvalue weighted by Crippen LogP contribution is 2.18. The molecule has 13 heteroatoms. The van der Waals surface area contributed by atoms with Crippen molar-refractivity contribution in [2.45, 2.75) is 11.5 Å². The second kappa shape index (κ2) is 11.3. The lowest BCUT2D eigenvalue weighted by molar-refractivity contribution is -0.146. The van der Waals surface area contributed by atoms with Crippen LogP contribution in [0.25, 0.3) is 0 Å². The fourth-order valence-corrected chi connectivity index (χ4v) is 3.36. The predicted molar refractivity (Wildman–Crippen MR) is 112 cm³/mol. The molecule has 10 nitrogen and oxygen atoms in total. The van der Waals surface area contributed by atoms with Crippen LogP contribution in [0.1, 0.15) is 10.4 Å². The molecule has 0 saturated heterocycles. The number of hydrogen-bond acceptors (Lipinski definition) is 7. The molecule has 33 heavy (non-hydrogen) atoms. The van der Waals surface area contributed by atoms with Gasteiger partial charge in [-0.3, -0.25) is 14.4 Å². The number of ether oxygens (including phenoxy) is 2. The Kier molecular flexibility index (Phi) is 8.82. The van der Waals surface area contributed by atoms with E-state index in [1.54, 1.807) is 0 Å². The van der Waals surface area contributed by atoms with Gasteiger partial charge in [0.05, 0.1) is 4.90 Å². The number of amides is 2. The van der Waals surface area contributed by atoms with Crippen molar-refractivity contribution in [2.24, 2.45) is 0 Å². The summed E-state index contributed by atoms with van der Waals surface area (Å²) in [5.74, 6) is -2.62. The Morgan fingerprint density at radius 3 is 2.42 bits per heavy atom. The van der Waals surface area contributed by atoms with Gasteiger partial charge in [-0.1, -0.05) is 12.1 Å². The number of benzene rings is 2. The number of sulfonamides is 1. The van der Waals surface area contributed by atoms with Gasteiger partial charge in [-0.05, 0) is 36.4 Å². The minimum atomic E-state index is -3.70. The summed E-state index contributed by atoms with van der Waals surface area (Å²) >= 11 is 0. The van der Waals surface area contributed by atoms with Crippen molar-refractivity contribution in [3.05, 3.63) is 54.1 Å². The topological polar surface area (TPSA) is 131 Å². The summed E-state index contributed by atoms with van der Waals surface area (Å²) < 4.78 is 58.8. The highest BCUT2D eigenvalue weighted by molar-refractivity contribution is 7.89. The lowest BCUT2D eigenvalue weighted by Gasteiger charge is -2.13. The molecule has 0 spiro atoms. The monoisotopic (exact) mass is 485 g/mol. The van der Waals surface area contributed by atoms with Crippen LogP contribution in [-0.4, -0.2) is 64.4 Å². The van der Waals surface area contributed by atoms with Gasteiger partial charge in [0, 0.05) is 25.3 Å². The van der Waals surface area contributed by atoms with Crippen LogP contribution >= 0.6 is 0 Å². The Bertz CT molecular complexity index is 1120. The van der Waals surface area contributed by atoms with Gasteiger partial charge in [0.25, 0.3) is 11.8 Å². The molecular formula is C20H21F2N3O7S. The maximum absolute atomic E-state index is 12.3. The Balaban J connectivity index is 1.83. The Morgan fingerprint density at radius 2 is 1.76 bits per heavy atom. The van der Waals surface area contributed by atoms with E-state index in [4.69, 9.17) is 4.74 Å². The molecule has 0 aliphatic heterocycles.